The summed E-state index contributed by atoms with van der Waals surface area (Å²) in [4.78, 5) is 27.8. The van der Waals surface area contributed by atoms with Crippen LogP contribution in [0.15, 0.2) is 23.0 Å². The van der Waals surface area contributed by atoms with Crippen LogP contribution in [0.25, 0.3) is 0 Å². The fraction of sp³-hybridized carbons (Fsp3) is 0.500. The van der Waals surface area contributed by atoms with E-state index in [0.717, 1.165) is 0 Å². The SMILES string of the molecule is CC1COC(CBr)CN1C(=O)c1cccc(=O)[nH]1. The summed E-state index contributed by atoms with van der Waals surface area (Å²) >= 11 is 3.35. The largest absolute Gasteiger partial charge is 0.373 e. The third-order valence-electron chi connectivity index (χ3n) is 2.94. The Kier molecular flexibility index (Phi) is 4.19. The van der Waals surface area contributed by atoms with Gasteiger partial charge in [0.1, 0.15) is 5.69 Å². The second-order valence-corrected chi connectivity index (χ2v) is 4.99. The summed E-state index contributed by atoms with van der Waals surface area (Å²) in [5.74, 6) is -0.158. The molecule has 2 atom stereocenters. The molecule has 5 nitrogen and oxygen atoms in total. The number of rotatable bonds is 2. The average Bonchev–Trinajstić information content (AvgIpc) is 2.38. The molecule has 0 spiro atoms. The van der Waals surface area contributed by atoms with Crippen molar-refractivity contribution in [1.82, 2.24) is 9.88 Å². The standard InChI is InChI=1S/C12H15BrN2O3/c1-8-7-18-9(5-13)6-15(8)12(17)10-3-2-4-11(16)14-10/h2-4,8-9H,5-7H2,1H3,(H,14,16). The van der Waals surface area contributed by atoms with Crippen molar-refractivity contribution in [2.45, 2.75) is 19.1 Å². The van der Waals surface area contributed by atoms with Gasteiger partial charge >= 0.3 is 0 Å². The Balaban J connectivity index is 2.19. The number of hydrogen-bond donors (Lipinski definition) is 1. The highest BCUT2D eigenvalue weighted by atomic mass is 79.9. The summed E-state index contributed by atoms with van der Waals surface area (Å²) in [5, 5.41) is 0.689. The second kappa shape index (κ2) is 5.67. The van der Waals surface area contributed by atoms with Gasteiger partial charge in [-0.25, -0.2) is 0 Å². The summed E-state index contributed by atoms with van der Waals surface area (Å²) in [6, 6.07) is 4.60. The fourth-order valence-electron chi connectivity index (χ4n) is 1.92. The molecule has 0 aliphatic carbocycles. The zero-order valence-electron chi connectivity index (χ0n) is 10.1. The molecule has 1 aromatic rings. The topological polar surface area (TPSA) is 62.4 Å². The molecule has 98 valence electrons. The van der Waals surface area contributed by atoms with E-state index in [4.69, 9.17) is 4.74 Å². The van der Waals surface area contributed by atoms with Crippen LogP contribution in [0.5, 0.6) is 0 Å². The molecule has 0 aromatic carbocycles. The van der Waals surface area contributed by atoms with Gasteiger partial charge in [0, 0.05) is 17.9 Å². The molecule has 1 fully saturated rings. The Labute approximate surface area is 113 Å². The van der Waals surface area contributed by atoms with Crippen LogP contribution in [-0.2, 0) is 4.74 Å². The summed E-state index contributed by atoms with van der Waals surface area (Å²) in [7, 11) is 0. The van der Waals surface area contributed by atoms with Crippen LogP contribution in [-0.4, -0.2) is 46.4 Å². The predicted octanol–water partition coefficient (Wildman–Crippen LogP) is 0.999. The number of halogens is 1. The van der Waals surface area contributed by atoms with Gasteiger partial charge in [-0.2, -0.15) is 0 Å². The van der Waals surface area contributed by atoms with E-state index < -0.39 is 0 Å². The molecule has 0 radical (unpaired) electrons. The number of hydrogen-bond acceptors (Lipinski definition) is 3. The Morgan fingerprint density at radius 2 is 2.39 bits per heavy atom. The first kappa shape index (κ1) is 13.3. The van der Waals surface area contributed by atoms with Gasteiger partial charge in [0.05, 0.1) is 18.8 Å². The first-order chi connectivity index (χ1) is 8.61. The van der Waals surface area contributed by atoms with E-state index in [1.54, 1.807) is 17.0 Å². The van der Waals surface area contributed by atoms with Gasteiger partial charge in [-0.05, 0) is 13.0 Å². The van der Waals surface area contributed by atoms with Gasteiger partial charge in [0.2, 0.25) is 5.56 Å². The van der Waals surface area contributed by atoms with Gasteiger partial charge in [-0.1, -0.05) is 22.0 Å². The molecule has 1 aliphatic heterocycles. The molecule has 2 heterocycles. The van der Waals surface area contributed by atoms with E-state index >= 15 is 0 Å². The van der Waals surface area contributed by atoms with Gasteiger partial charge in [0.25, 0.3) is 5.91 Å². The van der Waals surface area contributed by atoms with Crippen LogP contribution < -0.4 is 5.56 Å². The van der Waals surface area contributed by atoms with E-state index in [2.05, 4.69) is 20.9 Å². The summed E-state index contributed by atoms with van der Waals surface area (Å²) in [5.41, 5.74) is 0.0587. The maximum atomic E-state index is 12.3. The van der Waals surface area contributed by atoms with Crippen molar-refractivity contribution in [3.05, 3.63) is 34.2 Å². The lowest BCUT2D eigenvalue weighted by Gasteiger charge is -2.37. The number of H-pyrrole nitrogens is 1. The molecule has 0 bridgehead atoms. The number of nitrogens with one attached hydrogen (secondary N) is 1. The summed E-state index contributed by atoms with van der Waals surface area (Å²) in [6.45, 7) is 2.98. The fourth-order valence-corrected chi connectivity index (χ4v) is 2.31. The van der Waals surface area contributed by atoms with Gasteiger partial charge in [0.15, 0.2) is 0 Å². The van der Waals surface area contributed by atoms with E-state index in [1.807, 2.05) is 6.92 Å². The van der Waals surface area contributed by atoms with Crippen molar-refractivity contribution in [2.24, 2.45) is 0 Å². The van der Waals surface area contributed by atoms with Crippen LogP contribution in [0.1, 0.15) is 17.4 Å². The summed E-state index contributed by atoms with van der Waals surface area (Å²) < 4.78 is 5.57. The molecular formula is C12H15BrN2O3. The number of alkyl halides is 1. The molecule has 2 unspecified atom stereocenters. The number of morpholine rings is 1. The molecule has 1 aromatic heterocycles. The lowest BCUT2D eigenvalue weighted by Crippen LogP contribution is -2.51. The third-order valence-corrected chi connectivity index (χ3v) is 3.66. The first-order valence-electron chi connectivity index (χ1n) is 5.79. The Hall–Kier alpha value is -1.14. The molecule has 1 saturated heterocycles. The van der Waals surface area contributed by atoms with E-state index in [-0.39, 0.29) is 23.6 Å². The number of pyridine rings is 1. The van der Waals surface area contributed by atoms with Crippen LogP contribution in [0, 0.1) is 0 Å². The second-order valence-electron chi connectivity index (χ2n) is 4.34. The smallest absolute Gasteiger partial charge is 0.270 e. The van der Waals surface area contributed by atoms with Crippen molar-refractivity contribution in [1.29, 1.82) is 0 Å². The van der Waals surface area contributed by atoms with E-state index in [1.165, 1.54) is 6.07 Å². The van der Waals surface area contributed by atoms with Crippen LogP contribution in [0.4, 0.5) is 0 Å². The van der Waals surface area contributed by atoms with Gasteiger partial charge in [-0.15, -0.1) is 0 Å². The highest BCUT2D eigenvalue weighted by Crippen LogP contribution is 2.15. The normalized spacial score (nSPS) is 24.0. The lowest BCUT2D eigenvalue weighted by molar-refractivity contribution is -0.0363. The third kappa shape index (κ3) is 2.81. The quantitative estimate of drug-likeness (QED) is 0.828. The number of aromatic amines is 1. The zero-order chi connectivity index (χ0) is 13.1. The number of nitrogens with zero attached hydrogens (tertiary/aromatic N) is 1. The van der Waals surface area contributed by atoms with Crippen LogP contribution in [0.2, 0.25) is 0 Å². The Morgan fingerprint density at radius 3 is 3.06 bits per heavy atom. The first-order valence-corrected chi connectivity index (χ1v) is 6.92. The van der Waals surface area contributed by atoms with Gasteiger partial charge < -0.3 is 14.6 Å². The van der Waals surface area contributed by atoms with Crippen molar-refractivity contribution >= 4 is 21.8 Å². The molecule has 18 heavy (non-hydrogen) atoms. The lowest BCUT2D eigenvalue weighted by atomic mass is 10.2. The highest BCUT2D eigenvalue weighted by molar-refractivity contribution is 9.09. The van der Waals surface area contributed by atoms with Crippen molar-refractivity contribution < 1.29 is 9.53 Å². The number of carbonyl (C=O) groups excluding carboxylic acids is 1. The molecule has 0 saturated carbocycles. The average molecular weight is 315 g/mol. The number of aromatic nitrogens is 1. The molecule has 2 rings (SSSR count). The number of ether oxygens (including phenoxy) is 1. The Bertz CT molecular complexity index is 488. The van der Waals surface area contributed by atoms with E-state index in [0.29, 0.717) is 24.2 Å². The monoisotopic (exact) mass is 314 g/mol. The van der Waals surface area contributed by atoms with Crippen molar-refractivity contribution in [3.63, 3.8) is 0 Å². The van der Waals surface area contributed by atoms with Crippen LogP contribution in [0.3, 0.4) is 0 Å². The predicted molar refractivity (Wildman–Crippen MR) is 71.1 cm³/mol. The number of amides is 1. The Morgan fingerprint density at radius 1 is 1.61 bits per heavy atom. The minimum atomic E-state index is -0.265. The van der Waals surface area contributed by atoms with Crippen LogP contribution >= 0.6 is 15.9 Å². The van der Waals surface area contributed by atoms with E-state index in [9.17, 15) is 9.59 Å². The molecule has 1 amide bonds. The minimum absolute atomic E-state index is 0.000541. The number of carbonyl (C=O) groups is 1. The summed E-state index contributed by atoms with van der Waals surface area (Å²) in [6.07, 6.45) is 0.000541. The molecular weight excluding hydrogens is 300 g/mol. The molecule has 1 N–H and O–H groups in total. The van der Waals surface area contributed by atoms with Gasteiger partial charge in [-0.3, -0.25) is 9.59 Å². The highest BCUT2D eigenvalue weighted by Gasteiger charge is 2.29. The maximum Gasteiger partial charge on any atom is 0.270 e. The van der Waals surface area contributed by atoms with Crippen molar-refractivity contribution in [3.8, 4) is 0 Å². The zero-order valence-corrected chi connectivity index (χ0v) is 11.6. The molecule has 1 aliphatic rings. The minimum Gasteiger partial charge on any atom is -0.373 e. The van der Waals surface area contributed by atoms with Crippen molar-refractivity contribution in [2.75, 3.05) is 18.5 Å². The molecule has 6 heteroatoms. The maximum absolute atomic E-state index is 12.3.